The molecule has 0 radical (unpaired) electrons. The van der Waals surface area contributed by atoms with Gasteiger partial charge in [0.25, 0.3) is 0 Å². The number of ether oxygens (including phenoxy) is 1. The van der Waals surface area contributed by atoms with E-state index in [0.717, 1.165) is 23.7 Å². The van der Waals surface area contributed by atoms with Crippen LogP contribution >= 0.6 is 0 Å². The van der Waals surface area contributed by atoms with Crippen LogP contribution in [-0.4, -0.2) is 12.2 Å². The van der Waals surface area contributed by atoms with Crippen LogP contribution in [0.2, 0.25) is 0 Å². The molecule has 0 heterocycles. The van der Waals surface area contributed by atoms with Crippen LogP contribution in [0.5, 0.6) is 0 Å². The summed E-state index contributed by atoms with van der Waals surface area (Å²) in [5, 5.41) is 0. The van der Waals surface area contributed by atoms with Gasteiger partial charge < -0.3 is 4.74 Å². The Labute approximate surface area is 142 Å². The molecule has 0 aliphatic heterocycles. The van der Waals surface area contributed by atoms with Gasteiger partial charge in [-0.3, -0.25) is 0 Å². The van der Waals surface area contributed by atoms with Gasteiger partial charge in [-0.2, -0.15) is 0 Å². The highest BCUT2D eigenvalue weighted by Gasteiger charge is 2.58. The Morgan fingerprint density at radius 2 is 1.52 bits per heavy atom. The van der Waals surface area contributed by atoms with E-state index in [4.69, 9.17) is 4.74 Å². The van der Waals surface area contributed by atoms with Crippen molar-refractivity contribution in [2.75, 3.05) is 0 Å². The summed E-state index contributed by atoms with van der Waals surface area (Å²) in [5.41, 5.74) is 1.31. The summed E-state index contributed by atoms with van der Waals surface area (Å²) in [6, 6.07) is 0. The lowest BCUT2D eigenvalue weighted by Gasteiger charge is -2.60. The second-order valence-corrected chi connectivity index (χ2v) is 10.5. The summed E-state index contributed by atoms with van der Waals surface area (Å²) >= 11 is 0. The molecule has 0 N–H and O–H groups in total. The lowest BCUT2D eigenvalue weighted by molar-refractivity contribution is -0.137. The highest BCUT2D eigenvalue weighted by molar-refractivity contribution is 5.07. The fourth-order valence-electron chi connectivity index (χ4n) is 7.89. The van der Waals surface area contributed by atoms with Gasteiger partial charge in [-0.15, -0.1) is 0 Å². The van der Waals surface area contributed by atoms with E-state index < -0.39 is 0 Å². The van der Waals surface area contributed by atoms with Crippen molar-refractivity contribution in [3.8, 4) is 0 Å². The van der Waals surface area contributed by atoms with Crippen molar-refractivity contribution >= 4 is 0 Å². The summed E-state index contributed by atoms with van der Waals surface area (Å²) < 4.78 is 6.40. The van der Waals surface area contributed by atoms with Crippen molar-refractivity contribution in [3.63, 3.8) is 0 Å². The lowest BCUT2D eigenvalue weighted by Crippen LogP contribution is -2.53. The maximum absolute atomic E-state index is 6.40. The average Bonchev–Trinajstić information content (AvgIpc) is 3.23. The molecule has 0 aromatic carbocycles. The van der Waals surface area contributed by atoms with E-state index in [1.165, 1.54) is 64.2 Å². The SMILES string of the molecule is CC12CCCC1C1CCC3CC[C@@H](OC4CC4)CC3(C)C1CC2. The maximum Gasteiger partial charge on any atom is 0.0584 e. The van der Waals surface area contributed by atoms with E-state index in [-0.39, 0.29) is 0 Å². The first-order chi connectivity index (χ1) is 11.1. The van der Waals surface area contributed by atoms with E-state index in [1.54, 1.807) is 12.8 Å². The van der Waals surface area contributed by atoms with Gasteiger partial charge in [0.1, 0.15) is 0 Å². The summed E-state index contributed by atoms with van der Waals surface area (Å²) in [7, 11) is 0. The molecule has 5 aliphatic carbocycles. The summed E-state index contributed by atoms with van der Waals surface area (Å²) in [4.78, 5) is 0. The Morgan fingerprint density at radius 1 is 0.739 bits per heavy atom. The molecule has 130 valence electrons. The molecular weight excluding hydrogens is 280 g/mol. The number of rotatable bonds is 2. The minimum absolute atomic E-state index is 0.597. The highest BCUT2D eigenvalue weighted by atomic mass is 16.5. The Bertz CT molecular complexity index is 469. The van der Waals surface area contributed by atoms with E-state index in [1.807, 2.05) is 0 Å². The van der Waals surface area contributed by atoms with Gasteiger partial charge in [-0.05, 0) is 105 Å². The second-order valence-electron chi connectivity index (χ2n) is 10.5. The number of hydrogen-bond acceptors (Lipinski definition) is 1. The van der Waals surface area contributed by atoms with Crippen LogP contribution in [0.4, 0.5) is 0 Å². The minimum atomic E-state index is 0.597. The van der Waals surface area contributed by atoms with Crippen molar-refractivity contribution in [1.82, 2.24) is 0 Å². The van der Waals surface area contributed by atoms with Crippen LogP contribution in [0.3, 0.4) is 0 Å². The molecule has 5 rings (SSSR count). The van der Waals surface area contributed by atoms with Gasteiger partial charge in [0.15, 0.2) is 0 Å². The van der Waals surface area contributed by atoms with Crippen molar-refractivity contribution in [2.24, 2.45) is 34.5 Å². The molecule has 5 saturated carbocycles. The molecule has 7 atom stereocenters. The Balaban J connectivity index is 1.39. The number of hydrogen-bond donors (Lipinski definition) is 0. The van der Waals surface area contributed by atoms with E-state index in [2.05, 4.69) is 13.8 Å². The predicted octanol–water partition coefficient (Wildman–Crippen LogP) is 5.97. The van der Waals surface area contributed by atoms with Crippen LogP contribution in [0, 0.1) is 34.5 Å². The quantitative estimate of drug-likeness (QED) is 0.610. The third-order valence-corrected chi connectivity index (χ3v) is 9.26. The van der Waals surface area contributed by atoms with Gasteiger partial charge in [-0.25, -0.2) is 0 Å². The molecule has 0 spiro atoms. The van der Waals surface area contributed by atoms with Crippen molar-refractivity contribution in [1.29, 1.82) is 0 Å². The van der Waals surface area contributed by atoms with Crippen LogP contribution in [-0.2, 0) is 4.74 Å². The standard InChI is InChI=1S/C22H36O/c1-21-12-3-4-19(21)18-10-6-15-5-7-17(23-16-8-9-16)14-22(15,2)20(18)11-13-21/h15-20H,3-14H2,1-2H3/t15?,17-,18?,19?,20?,21?,22?/m1/s1. The van der Waals surface area contributed by atoms with Crippen molar-refractivity contribution in [2.45, 2.75) is 103 Å². The van der Waals surface area contributed by atoms with Crippen LogP contribution < -0.4 is 0 Å². The molecule has 23 heavy (non-hydrogen) atoms. The van der Waals surface area contributed by atoms with E-state index in [9.17, 15) is 0 Å². The Morgan fingerprint density at radius 3 is 2.35 bits per heavy atom. The third-order valence-electron chi connectivity index (χ3n) is 9.26. The van der Waals surface area contributed by atoms with Crippen molar-refractivity contribution in [3.05, 3.63) is 0 Å². The normalized spacial score (nSPS) is 55.8. The zero-order chi connectivity index (χ0) is 15.7. The summed E-state index contributed by atoms with van der Waals surface area (Å²) in [5.74, 6) is 4.14. The smallest absolute Gasteiger partial charge is 0.0584 e. The minimum Gasteiger partial charge on any atom is -0.375 e. The molecule has 6 unspecified atom stereocenters. The van der Waals surface area contributed by atoms with Crippen LogP contribution in [0.15, 0.2) is 0 Å². The Hall–Kier alpha value is -0.0400. The zero-order valence-corrected chi connectivity index (χ0v) is 15.4. The monoisotopic (exact) mass is 316 g/mol. The predicted molar refractivity (Wildman–Crippen MR) is 94.2 cm³/mol. The van der Waals surface area contributed by atoms with Gasteiger partial charge >= 0.3 is 0 Å². The van der Waals surface area contributed by atoms with Gasteiger partial charge in [0, 0.05) is 0 Å². The molecule has 0 aromatic rings. The Kier molecular flexibility index (Phi) is 3.46. The average molecular weight is 317 g/mol. The molecule has 0 bridgehead atoms. The lowest BCUT2D eigenvalue weighted by atomic mass is 9.45. The van der Waals surface area contributed by atoms with E-state index >= 15 is 0 Å². The van der Waals surface area contributed by atoms with Gasteiger partial charge in [-0.1, -0.05) is 20.3 Å². The summed E-state index contributed by atoms with van der Waals surface area (Å²) in [6.45, 7) is 5.32. The highest BCUT2D eigenvalue weighted by Crippen LogP contribution is 2.66. The zero-order valence-electron chi connectivity index (χ0n) is 15.4. The van der Waals surface area contributed by atoms with Gasteiger partial charge in [0.05, 0.1) is 12.2 Å². The second kappa shape index (κ2) is 5.23. The van der Waals surface area contributed by atoms with Crippen LogP contribution in [0.1, 0.15) is 90.9 Å². The van der Waals surface area contributed by atoms with Crippen molar-refractivity contribution < 1.29 is 4.74 Å². The molecule has 5 fully saturated rings. The van der Waals surface area contributed by atoms with Crippen LogP contribution in [0.25, 0.3) is 0 Å². The molecule has 0 amide bonds. The van der Waals surface area contributed by atoms with E-state index in [0.29, 0.717) is 23.0 Å². The maximum atomic E-state index is 6.40. The fourth-order valence-corrected chi connectivity index (χ4v) is 7.89. The fraction of sp³-hybridized carbons (Fsp3) is 1.00. The molecular formula is C22H36O. The molecule has 5 aliphatic rings. The first-order valence-corrected chi connectivity index (χ1v) is 10.7. The molecule has 0 saturated heterocycles. The molecule has 1 heteroatoms. The van der Waals surface area contributed by atoms with Gasteiger partial charge in [0.2, 0.25) is 0 Å². The molecule has 0 aromatic heterocycles. The first-order valence-electron chi connectivity index (χ1n) is 10.7. The third kappa shape index (κ3) is 2.35. The molecule has 1 nitrogen and oxygen atoms in total. The first kappa shape index (κ1) is 15.2. The largest absolute Gasteiger partial charge is 0.375 e. The number of fused-ring (bicyclic) bond motifs is 5. The summed E-state index contributed by atoms with van der Waals surface area (Å²) in [6.07, 6.45) is 18.8. The topological polar surface area (TPSA) is 9.23 Å².